The summed E-state index contributed by atoms with van der Waals surface area (Å²) < 4.78 is 1.74. The number of hydrogen-bond donors (Lipinski definition) is 0. The van der Waals surface area contributed by atoms with Crippen LogP contribution in [0.5, 0.6) is 0 Å². The molecule has 0 fully saturated rings. The summed E-state index contributed by atoms with van der Waals surface area (Å²) in [4.78, 5) is 3.95. The fourth-order valence-electron chi connectivity index (χ4n) is 1.42. The van der Waals surface area contributed by atoms with E-state index in [0.717, 1.165) is 17.0 Å². The lowest BCUT2D eigenvalue weighted by molar-refractivity contribution is 0.731. The summed E-state index contributed by atoms with van der Waals surface area (Å²) in [6.45, 7) is 0. The zero-order valence-corrected chi connectivity index (χ0v) is 8.38. The molecule has 15 heavy (non-hydrogen) atoms. The maximum Gasteiger partial charge on any atom is 0.0927 e. The summed E-state index contributed by atoms with van der Waals surface area (Å²) in [5.41, 5.74) is 2.82. The molecular weight excluding hydrogens is 188 g/mol. The van der Waals surface area contributed by atoms with Crippen molar-refractivity contribution in [2.75, 3.05) is 0 Å². The molecule has 0 atom stereocenters. The minimum atomic E-state index is 0.384. The second kappa shape index (κ2) is 3.93. The number of aromatic nitrogens is 3. The van der Waals surface area contributed by atoms with Crippen LogP contribution in [0.2, 0.25) is 0 Å². The van der Waals surface area contributed by atoms with Crippen molar-refractivity contribution in [3.05, 3.63) is 36.3 Å². The minimum absolute atomic E-state index is 0.384. The van der Waals surface area contributed by atoms with Gasteiger partial charge in [-0.25, -0.2) is 0 Å². The highest BCUT2D eigenvalue weighted by Gasteiger charge is 2.05. The van der Waals surface area contributed by atoms with Crippen molar-refractivity contribution in [2.45, 2.75) is 6.42 Å². The van der Waals surface area contributed by atoms with E-state index in [0.29, 0.717) is 6.42 Å². The van der Waals surface area contributed by atoms with Crippen LogP contribution >= 0.6 is 0 Å². The van der Waals surface area contributed by atoms with Gasteiger partial charge in [-0.05, 0) is 18.2 Å². The molecule has 0 aliphatic rings. The Balaban J connectivity index is 2.40. The van der Waals surface area contributed by atoms with Crippen molar-refractivity contribution in [3.8, 4) is 17.3 Å². The third-order valence-electron chi connectivity index (χ3n) is 2.21. The Morgan fingerprint density at radius 1 is 1.40 bits per heavy atom. The Bertz CT molecular complexity index is 493. The van der Waals surface area contributed by atoms with E-state index < -0.39 is 0 Å². The van der Waals surface area contributed by atoms with Gasteiger partial charge >= 0.3 is 0 Å². The van der Waals surface area contributed by atoms with Crippen LogP contribution in [0.25, 0.3) is 11.3 Å². The molecule has 4 nitrogen and oxygen atoms in total. The molecule has 0 saturated carbocycles. The number of pyridine rings is 1. The largest absolute Gasteiger partial charge is 0.271 e. The molecule has 0 amide bonds. The molecule has 0 bridgehead atoms. The van der Waals surface area contributed by atoms with Crippen molar-refractivity contribution in [1.82, 2.24) is 14.8 Å². The summed E-state index contributed by atoms with van der Waals surface area (Å²) in [6, 6.07) is 7.85. The Kier molecular flexibility index (Phi) is 2.46. The van der Waals surface area contributed by atoms with E-state index >= 15 is 0 Å². The predicted molar refractivity (Wildman–Crippen MR) is 55.8 cm³/mol. The van der Waals surface area contributed by atoms with Crippen LogP contribution in [-0.2, 0) is 13.5 Å². The SMILES string of the molecule is Cn1nc(-c2ccncc2)cc1CC#N. The normalized spacial score (nSPS) is 9.87. The molecule has 0 aliphatic carbocycles. The number of hydrogen-bond acceptors (Lipinski definition) is 3. The van der Waals surface area contributed by atoms with Gasteiger partial charge in [0.25, 0.3) is 0 Å². The summed E-state index contributed by atoms with van der Waals surface area (Å²) in [6.07, 6.45) is 3.84. The summed E-state index contributed by atoms with van der Waals surface area (Å²) in [5.74, 6) is 0. The third kappa shape index (κ3) is 1.86. The lowest BCUT2D eigenvalue weighted by Crippen LogP contribution is -1.96. The zero-order valence-electron chi connectivity index (χ0n) is 8.38. The lowest BCUT2D eigenvalue weighted by atomic mass is 10.2. The van der Waals surface area contributed by atoms with Crippen LogP contribution in [0, 0.1) is 11.3 Å². The van der Waals surface area contributed by atoms with Gasteiger partial charge in [0.15, 0.2) is 0 Å². The predicted octanol–water partition coefficient (Wildman–Crippen LogP) is 1.55. The molecule has 74 valence electrons. The maximum atomic E-state index is 8.62. The number of rotatable bonds is 2. The Labute approximate surface area is 87.8 Å². The molecule has 0 spiro atoms. The smallest absolute Gasteiger partial charge is 0.0927 e. The number of nitrogens with zero attached hydrogens (tertiary/aromatic N) is 4. The summed E-state index contributed by atoms with van der Waals surface area (Å²) >= 11 is 0. The van der Waals surface area contributed by atoms with Gasteiger partial charge in [-0.15, -0.1) is 0 Å². The second-order valence-electron chi connectivity index (χ2n) is 3.22. The molecule has 0 saturated heterocycles. The first-order chi connectivity index (χ1) is 7.31. The summed E-state index contributed by atoms with van der Waals surface area (Å²) in [7, 11) is 1.84. The van der Waals surface area contributed by atoms with Gasteiger partial charge in [-0.2, -0.15) is 10.4 Å². The molecule has 4 heteroatoms. The highest BCUT2D eigenvalue weighted by atomic mass is 15.3. The van der Waals surface area contributed by atoms with Gasteiger partial charge in [0.05, 0.1) is 23.9 Å². The average molecular weight is 198 g/mol. The van der Waals surface area contributed by atoms with Gasteiger partial charge in [-0.3, -0.25) is 9.67 Å². The fourth-order valence-corrected chi connectivity index (χ4v) is 1.42. The van der Waals surface area contributed by atoms with Crippen LogP contribution in [0.4, 0.5) is 0 Å². The van der Waals surface area contributed by atoms with E-state index in [9.17, 15) is 0 Å². The van der Waals surface area contributed by atoms with Gasteiger partial charge < -0.3 is 0 Å². The highest BCUT2D eigenvalue weighted by Crippen LogP contribution is 2.17. The van der Waals surface area contributed by atoms with E-state index in [1.807, 2.05) is 25.2 Å². The molecule has 2 heterocycles. The van der Waals surface area contributed by atoms with Crippen molar-refractivity contribution in [2.24, 2.45) is 7.05 Å². The topological polar surface area (TPSA) is 54.5 Å². The van der Waals surface area contributed by atoms with Crippen molar-refractivity contribution in [1.29, 1.82) is 5.26 Å². The molecule has 0 aliphatic heterocycles. The molecule has 2 aromatic heterocycles. The first-order valence-electron chi connectivity index (χ1n) is 4.61. The van der Waals surface area contributed by atoms with E-state index in [-0.39, 0.29) is 0 Å². The maximum absolute atomic E-state index is 8.62. The van der Waals surface area contributed by atoms with Crippen molar-refractivity contribution in [3.63, 3.8) is 0 Å². The molecule has 2 rings (SSSR count). The van der Waals surface area contributed by atoms with Crippen molar-refractivity contribution < 1.29 is 0 Å². The number of aryl methyl sites for hydroxylation is 1. The van der Waals surface area contributed by atoms with E-state index in [1.165, 1.54) is 0 Å². The molecule has 0 aromatic carbocycles. The van der Waals surface area contributed by atoms with Crippen LogP contribution in [-0.4, -0.2) is 14.8 Å². The molecule has 2 aromatic rings. The van der Waals surface area contributed by atoms with E-state index in [2.05, 4.69) is 16.2 Å². The minimum Gasteiger partial charge on any atom is -0.271 e. The first-order valence-corrected chi connectivity index (χ1v) is 4.61. The van der Waals surface area contributed by atoms with Crippen LogP contribution in [0.15, 0.2) is 30.6 Å². The van der Waals surface area contributed by atoms with Crippen molar-refractivity contribution >= 4 is 0 Å². The molecule has 0 radical (unpaired) electrons. The van der Waals surface area contributed by atoms with Gasteiger partial charge in [0, 0.05) is 25.0 Å². The van der Waals surface area contributed by atoms with Gasteiger partial charge in [0.1, 0.15) is 0 Å². The zero-order chi connectivity index (χ0) is 10.7. The Morgan fingerprint density at radius 3 is 2.80 bits per heavy atom. The highest BCUT2D eigenvalue weighted by molar-refractivity contribution is 5.58. The standard InChI is InChI=1S/C11H10N4/c1-15-10(2-5-12)8-11(14-15)9-3-6-13-7-4-9/h3-4,6-8H,2H2,1H3. The van der Waals surface area contributed by atoms with Gasteiger partial charge in [0.2, 0.25) is 0 Å². The van der Waals surface area contributed by atoms with Crippen LogP contribution in [0.3, 0.4) is 0 Å². The van der Waals surface area contributed by atoms with E-state index in [4.69, 9.17) is 5.26 Å². The molecular formula is C11H10N4. The lowest BCUT2D eigenvalue weighted by Gasteiger charge is -1.93. The van der Waals surface area contributed by atoms with Crippen LogP contribution < -0.4 is 0 Å². The average Bonchev–Trinajstić information content (AvgIpc) is 2.63. The molecule has 0 unspecified atom stereocenters. The first kappa shape index (κ1) is 9.41. The quantitative estimate of drug-likeness (QED) is 0.735. The summed E-state index contributed by atoms with van der Waals surface area (Å²) in [5, 5.41) is 13.0. The number of nitriles is 1. The monoisotopic (exact) mass is 198 g/mol. The fraction of sp³-hybridized carbons (Fsp3) is 0.182. The Hall–Kier alpha value is -2.15. The third-order valence-corrected chi connectivity index (χ3v) is 2.21. The second-order valence-corrected chi connectivity index (χ2v) is 3.22. The Morgan fingerprint density at radius 2 is 2.13 bits per heavy atom. The van der Waals surface area contributed by atoms with Crippen LogP contribution in [0.1, 0.15) is 5.69 Å². The van der Waals surface area contributed by atoms with E-state index in [1.54, 1.807) is 17.1 Å². The molecule has 0 N–H and O–H groups in total. The van der Waals surface area contributed by atoms with Gasteiger partial charge in [-0.1, -0.05) is 0 Å².